The number of carbonyl (C=O) groups is 1. The van der Waals surface area contributed by atoms with E-state index in [-0.39, 0.29) is 23.1 Å². The van der Waals surface area contributed by atoms with Crippen LogP contribution in [-0.4, -0.2) is 17.1 Å². The molecule has 3 rings (SSSR count). The number of rotatable bonds is 2. The first-order valence-electron chi connectivity index (χ1n) is 6.77. The Morgan fingerprint density at radius 3 is 2.73 bits per heavy atom. The minimum Gasteiger partial charge on any atom is -0.462 e. The van der Waals surface area contributed by atoms with Crippen molar-refractivity contribution in [2.45, 2.75) is 6.92 Å². The van der Waals surface area contributed by atoms with Gasteiger partial charge in [0.25, 0.3) is 5.56 Å². The number of benzene rings is 1. The normalized spacial score (nSPS) is 11.0. The van der Waals surface area contributed by atoms with Crippen molar-refractivity contribution in [1.29, 1.82) is 0 Å². The van der Waals surface area contributed by atoms with Gasteiger partial charge in [-0.25, -0.2) is 9.59 Å². The molecule has 0 radical (unpaired) electrons. The molecule has 1 aromatic carbocycles. The molecule has 6 heteroatoms. The smallest absolute Gasteiger partial charge is 0.339 e. The van der Waals surface area contributed by atoms with Gasteiger partial charge in [0.2, 0.25) is 0 Å². The number of hydrogen-bond donors (Lipinski definition) is 0. The molecule has 0 amide bonds. The first kappa shape index (κ1) is 14.1. The largest absolute Gasteiger partial charge is 0.462 e. The molecule has 0 spiro atoms. The fraction of sp³-hybridized carbons (Fsp3) is 0.188. The number of aromatic nitrogens is 1. The number of nitrogens with zero attached hydrogens (tertiary/aromatic N) is 1. The van der Waals surface area contributed by atoms with Crippen molar-refractivity contribution < 1.29 is 13.9 Å². The van der Waals surface area contributed by atoms with Gasteiger partial charge in [0.15, 0.2) is 5.58 Å². The van der Waals surface area contributed by atoms with Crippen LogP contribution in [0.4, 0.5) is 0 Å². The lowest BCUT2D eigenvalue weighted by molar-refractivity contribution is 0.0528. The molecule has 0 unspecified atom stereocenters. The molecule has 0 aliphatic carbocycles. The van der Waals surface area contributed by atoms with Gasteiger partial charge in [-0.3, -0.25) is 4.79 Å². The molecule has 22 heavy (non-hydrogen) atoms. The SMILES string of the molecule is CCOC(=O)c1cc(=O)oc2c1c(=O)n(C)c1ccccc21. The van der Waals surface area contributed by atoms with Crippen LogP contribution in [0.1, 0.15) is 17.3 Å². The number of ether oxygens (including phenoxy) is 1. The Balaban J connectivity index is 2.58. The number of hydrogen-bond acceptors (Lipinski definition) is 5. The van der Waals surface area contributed by atoms with Crippen molar-refractivity contribution in [2.75, 3.05) is 6.61 Å². The summed E-state index contributed by atoms with van der Waals surface area (Å²) >= 11 is 0. The van der Waals surface area contributed by atoms with Crippen LogP contribution in [0.5, 0.6) is 0 Å². The van der Waals surface area contributed by atoms with E-state index in [9.17, 15) is 14.4 Å². The van der Waals surface area contributed by atoms with E-state index >= 15 is 0 Å². The van der Waals surface area contributed by atoms with Gasteiger partial charge >= 0.3 is 11.6 Å². The summed E-state index contributed by atoms with van der Waals surface area (Å²) in [6, 6.07) is 8.02. The maximum absolute atomic E-state index is 12.6. The zero-order valence-corrected chi connectivity index (χ0v) is 12.1. The van der Waals surface area contributed by atoms with Gasteiger partial charge in [-0.1, -0.05) is 12.1 Å². The highest BCUT2D eigenvalue weighted by molar-refractivity contribution is 6.10. The highest BCUT2D eigenvalue weighted by atomic mass is 16.5. The van der Waals surface area contributed by atoms with E-state index in [1.165, 1.54) is 4.57 Å². The van der Waals surface area contributed by atoms with Crippen LogP contribution in [0, 0.1) is 0 Å². The summed E-state index contributed by atoms with van der Waals surface area (Å²) in [5.41, 5.74) is -0.465. The van der Waals surface area contributed by atoms with E-state index < -0.39 is 17.2 Å². The highest BCUT2D eigenvalue weighted by Gasteiger charge is 2.20. The third-order valence-corrected chi connectivity index (χ3v) is 3.49. The Morgan fingerprint density at radius 1 is 1.27 bits per heavy atom. The van der Waals surface area contributed by atoms with Gasteiger partial charge in [0.1, 0.15) is 0 Å². The predicted molar refractivity (Wildman–Crippen MR) is 81.2 cm³/mol. The lowest BCUT2D eigenvalue weighted by atomic mass is 10.1. The molecule has 6 nitrogen and oxygen atoms in total. The standard InChI is InChI=1S/C16H13NO5/c1-3-21-16(20)10-8-12(18)22-14-9-6-4-5-7-11(9)17(2)15(19)13(10)14/h4-8H,3H2,1-2H3. The zero-order valence-electron chi connectivity index (χ0n) is 12.1. The van der Waals surface area contributed by atoms with Crippen molar-refractivity contribution >= 4 is 27.8 Å². The van der Waals surface area contributed by atoms with E-state index in [1.54, 1.807) is 38.2 Å². The van der Waals surface area contributed by atoms with Crippen LogP contribution < -0.4 is 11.2 Å². The van der Waals surface area contributed by atoms with Crippen molar-refractivity contribution in [2.24, 2.45) is 7.05 Å². The minimum atomic E-state index is -0.715. The van der Waals surface area contributed by atoms with E-state index in [0.29, 0.717) is 10.9 Å². The summed E-state index contributed by atoms with van der Waals surface area (Å²) in [5, 5.41) is 0.641. The number of esters is 1. The fourth-order valence-corrected chi connectivity index (χ4v) is 2.50. The minimum absolute atomic E-state index is 0.0549. The average Bonchev–Trinajstić information content (AvgIpc) is 2.52. The van der Waals surface area contributed by atoms with Gasteiger partial charge in [0.05, 0.1) is 23.1 Å². The Kier molecular flexibility index (Phi) is 3.29. The monoisotopic (exact) mass is 299 g/mol. The van der Waals surface area contributed by atoms with E-state index in [1.807, 2.05) is 0 Å². The molecule has 112 valence electrons. The number of aryl methyl sites for hydroxylation is 1. The first-order valence-corrected chi connectivity index (χ1v) is 6.77. The predicted octanol–water partition coefficient (Wildman–Crippen LogP) is 1.82. The molecule has 0 saturated carbocycles. The molecule has 3 aromatic rings. The molecule has 2 heterocycles. The van der Waals surface area contributed by atoms with Crippen LogP contribution >= 0.6 is 0 Å². The second-order valence-electron chi connectivity index (χ2n) is 4.79. The molecule has 0 saturated heterocycles. The van der Waals surface area contributed by atoms with Crippen LogP contribution in [-0.2, 0) is 11.8 Å². The number of para-hydroxylation sites is 1. The van der Waals surface area contributed by atoms with Crippen molar-refractivity contribution in [3.05, 3.63) is 56.7 Å². The average molecular weight is 299 g/mol. The molecular weight excluding hydrogens is 286 g/mol. The van der Waals surface area contributed by atoms with Crippen LogP contribution in [0.2, 0.25) is 0 Å². The van der Waals surface area contributed by atoms with Gasteiger partial charge in [-0.2, -0.15) is 0 Å². The Morgan fingerprint density at radius 2 is 2.00 bits per heavy atom. The summed E-state index contributed by atoms with van der Waals surface area (Å²) in [7, 11) is 1.60. The van der Waals surface area contributed by atoms with Crippen molar-refractivity contribution in [1.82, 2.24) is 4.57 Å². The quantitative estimate of drug-likeness (QED) is 0.533. The summed E-state index contributed by atoms with van der Waals surface area (Å²) in [5.74, 6) is -0.715. The zero-order chi connectivity index (χ0) is 15.9. The van der Waals surface area contributed by atoms with Crippen molar-refractivity contribution in [3.8, 4) is 0 Å². The summed E-state index contributed by atoms with van der Waals surface area (Å²) in [6.07, 6.45) is 0. The lowest BCUT2D eigenvalue weighted by Crippen LogP contribution is -2.22. The lowest BCUT2D eigenvalue weighted by Gasteiger charge is -2.10. The maximum Gasteiger partial charge on any atom is 0.339 e. The van der Waals surface area contributed by atoms with Crippen LogP contribution in [0.15, 0.2) is 44.3 Å². The van der Waals surface area contributed by atoms with Crippen molar-refractivity contribution in [3.63, 3.8) is 0 Å². The van der Waals surface area contributed by atoms with Crippen LogP contribution in [0.25, 0.3) is 21.9 Å². The molecule has 0 N–H and O–H groups in total. The summed E-state index contributed by atoms with van der Waals surface area (Å²) in [4.78, 5) is 36.4. The number of fused-ring (bicyclic) bond motifs is 3. The molecule has 0 aliphatic rings. The molecule has 0 fully saturated rings. The molecule has 0 bridgehead atoms. The Bertz CT molecular complexity index is 1010. The molecule has 0 aliphatic heterocycles. The van der Waals surface area contributed by atoms with Crippen LogP contribution in [0.3, 0.4) is 0 Å². The molecular formula is C16H13NO5. The second-order valence-corrected chi connectivity index (χ2v) is 4.79. The number of carbonyl (C=O) groups excluding carboxylic acids is 1. The third-order valence-electron chi connectivity index (χ3n) is 3.49. The van der Waals surface area contributed by atoms with Gasteiger partial charge in [0, 0.05) is 18.5 Å². The first-order chi connectivity index (χ1) is 10.5. The Labute approximate surface area is 124 Å². The van der Waals surface area contributed by atoms with Gasteiger partial charge < -0.3 is 13.7 Å². The highest BCUT2D eigenvalue weighted by Crippen LogP contribution is 2.23. The second kappa shape index (κ2) is 5.14. The topological polar surface area (TPSA) is 78.5 Å². The van der Waals surface area contributed by atoms with E-state index in [0.717, 1.165) is 6.07 Å². The van der Waals surface area contributed by atoms with Gasteiger partial charge in [-0.05, 0) is 19.1 Å². The fourth-order valence-electron chi connectivity index (χ4n) is 2.50. The number of pyridine rings is 1. The Hall–Kier alpha value is -2.89. The van der Waals surface area contributed by atoms with E-state index in [4.69, 9.17) is 9.15 Å². The third kappa shape index (κ3) is 2.00. The summed E-state index contributed by atoms with van der Waals surface area (Å²) in [6.45, 7) is 1.80. The molecule has 2 aromatic heterocycles. The van der Waals surface area contributed by atoms with E-state index in [2.05, 4.69) is 0 Å². The summed E-state index contributed by atoms with van der Waals surface area (Å²) < 4.78 is 11.6. The molecule has 0 atom stereocenters. The maximum atomic E-state index is 12.6. The van der Waals surface area contributed by atoms with Gasteiger partial charge in [-0.15, -0.1) is 0 Å².